The van der Waals surface area contributed by atoms with Crippen molar-refractivity contribution in [1.29, 1.82) is 0 Å². The lowest BCUT2D eigenvalue weighted by Crippen LogP contribution is -2.53. The molecular formula is C27H56O3Si3. The highest BCUT2D eigenvalue weighted by atomic mass is 28.4. The van der Waals surface area contributed by atoms with Crippen molar-refractivity contribution < 1.29 is 13.3 Å². The van der Waals surface area contributed by atoms with Crippen LogP contribution in [-0.2, 0) is 13.3 Å². The molecule has 0 aliphatic carbocycles. The van der Waals surface area contributed by atoms with Gasteiger partial charge in [0.15, 0.2) is 25.0 Å². The maximum atomic E-state index is 6.96. The maximum Gasteiger partial charge on any atom is 0.192 e. The topological polar surface area (TPSA) is 27.7 Å². The van der Waals surface area contributed by atoms with E-state index in [1.54, 1.807) is 0 Å². The van der Waals surface area contributed by atoms with Crippen LogP contribution in [0.1, 0.15) is 68.7 Å². The van der Waals surface area contributed by atoms with Crippen molar-refractivity contribution in [2.24, 2.45) is 5.92 Å². The summed E-state index contributed by atoms with van der Waals surface area (Å²) in [5.41, 5.74) is 0. The van der Waals surface area contributed by atoms with Crippen molar-refractivity contribution in [3.05, 3.63) is 12.7 Å². The van der Waals surface area contributed by atoms with E-state index in [2.05, 4.69) is 114 Å². The molecule has 33 heavy (non-hydrogen) atoms. The van der Waals surface area contributed by atoms with Crippen molar-refractivity contribution >= 4 is 25.0 Å². The van der Waals surface area contributed by atoms with Gasteiger partial charge in [0.05, 0.1) is 12.2 Å². The summed E-state index contributed by atoms with van der Waals surface area (Å²) in [4.78, 5) is 0. The molecule has 0 rings (SSSR count). The van der Waals surface area contributed by atoms with Gasteiger partial charge in [-0.25, -0.2) is 0 Å². The molecule has 3 nitrogen and oxygen atoms in total. The standard InChI is InChI=1S/C27H56O3Si3/c1-18-20-24(30-33(16,17)27(9,10)11)22(21-28-31(12,13)25(3,4)5)23(19-2)29-32(14,15)26(6,7)8/h1,19,22-24H,2,20-21H2,3-17H3. The number of hydrogen-bond acceptors (Lipinski definition) is 3. The highest BCUT2D eigenvalue weighted by Gasteiger charge is 2.46. The van der Waals surface area contributed by atoms with Gasteiger partial charge < -0.3 is 13.3 Å². The van der Waals surface area contributed by atoms with Crippen LogP contribution in [0.4, 0.5) is 0 Å². The molecule has 0 N–H and O–H groups in total. The average Bonchev–Trinajstić information content (AvgIpc) is 2.57. The fourth-order valence-electron chi connectivity index (χ4n) is 2.71. The second-order valence-corrected chi connectivity index (χ2v) is 28.5. The van der Waals surface area contributed by atoms with Gasteiger partial charge in [-0.2, -0.15) is 0 Å². The molecule has 0 radical (unpaired) electrons. The molecular weight excluding hydrogens is 457 g/mol. The summed E-state index contributed by atoms with van der Waals surface area (Å²) in [5.74, 6) is 2.89. The fraction of sp³-hybridized carbons (Fsp3) is 0.852. The summed E-state index contributed by atoms with van der Waals surface area (Å²) >= 11 is 0. The Morgan fingerprint density at radius 3 is 1.48 bits per heavy atom. The Kier molecular flexibility index (Phi) is 11.2. The Bertz CT molecular complexity index is 671. The first-order chi connectivity index (χ1) is 14.4. The SMILES string of the molecule is C#CCC(O[Si](C)(C)C(C)(C)C)C(CO[Si](C)(C)C(C)(C)C)C(C=C)O[Si](C)(C)C(C)(C)C. The Balaban J connectivity index is 6.34. The largest absolute Gasteiger partial charge is 0.416 e. The van der Waals surface area contributed by atoms with Crippen molar-refractivity contribution in [3.8, 4) is 12.3 Å². The lowest BCUT2D eigenvalue weighted by atomic mass is 9.95. The maximum absolute atomic E-state index is 6.96. The summed E-state index contributed by atoms with van der Waals surface area (Å²) in [7, 11) is -6.05. The highest BCUT2D eigenvalue weighted by molar-refractivity contribution is 6.75. The first kappa shape index (κ1) is 32.8. The molecule has 6 heteroatoms. The van der Waals surface area contributed by atoms with Gasteiger partial charge >= 0.3 is 0 Å². The number of terminal acetylenes is 1. The van der Waals surface area contributed by atoms with E-state index in [1.807, 2.05) is 6.08 Å². The summed E-state index contributed by atoms with van der Waals surface area (Å²) in [5, 5.41) is 0.319. The summed E-state index contributed by atoms with van der Waals surface area (Å²) < 4.78 is 20.6. The van der Waals surface area contributed by atoms with E-state index in [-0.39, 0.29) is 33.2 Å². The van der Waals surface area contributed by atoms with Gasteiger partial charge in [-0.1, -0.05) is 68.4 Å². The third-order valence-electron chi connectivity index (χ3n) is 8.38. The van der Waals surface area contributed by atoms with Gasteiger partial charge in [0.2, 0.25) is 0 Å². The lowest BCUT2D eigenvalue weighted by molar-refractivity contribution is 0.0200. The van der Waals surface area contributed by atoms with Crippen molar-refractivity contribution in [1.82, 2.24) is 0 Å². The summed E-state index contributed by atoms with van der Waals surface area (Å²) in [6.07, 6.45) is 8.08. The zero-order valence-electron chi connectivity index (χ0n) is 24.7. The minimum absolute atomic E-state index is 0.00377. The molecule has 0 saturated heterocycles. The number of hydrogen-bond donors (Lipinski definition) is 0. The van der Waals surface area contributed by atoms with Gasteiger partial charge in [0.1, 0.15) is 0 Å². The van der Waals surface area contributed by atoms with Crippen LogP contribution >= 0.6 is 0 Å². The molecule has 0 spiro atoms. The van der Waals surface area contributed by atoms with Crippen LogP contribution in [0.3, 0.4) is 0 Å². The molecule has 0 aromatic carbocycles. The van der Waals surface area contributed by atoms with Gasteiger partial charge in [-0.05, 0) is 54.4 Å². The molecule has 0 bridgehead atoms. The second-order valence-electron chi connectivity index (χ2n) is 14.1. The zero-order chi connectivity index (χ0) is 26.7. The van der Waals surface area contributed by atoms with Crippen LogP contribution in [0.25, 0.3) is 0 Å². The molecule has 0 saturated carbocycles. The van der Waals surface area contributed by atoms with Gasteiger partial charge in [-0.15, -0.1) is 18.9 Å². The van der Waals surface area contributed by atoms with E-state index in [4.69, 9.17) is 19.7 Å². The van der Waals surface area contributed by atoms with Gasteiger partial charge in [0, 0.05) is 18.9 Å². The van der Waals surface area contributed by atoms with Crippen LogP contribution in [0.2, 0.25) is 54.4 Å². The van der Waals surface area contributed by atoms with Crippen molar-refractivity contribution in [2.45, 2.75) is 135 Å². The summed E-state index contributed by atoms with van der Waals surface area (Å²) in [6, 6.07) is 0. The van der Waals surface area contributed by atoms with E-state index < -0.39 is 25.0 Å². The zero-order valence-corrected chi connectivity index (χ0v) is 27.7. The monoisotopic (exact) mass is 512 g/mol. The third kappa shape index (κ3) is 9.09. The molecule has 0 aromatic rings. The molecule has 0 amide bonds. The molecule has 3 unspecified atom stereocenters. The average molecular weight is 513 g/mol. The molecule has 194 valence electrons. The minimum Gasteiger partial charge on any atom is -0.416 e. The van der Waals surface area contributed by atoms with Crippen LogP contribution in [0.5, 0.6) is 0 Å². The van der Waals surface area contributed by atoms with E-state index >= 15 is 0 Å². The Hall–Kier alpha value is -0.169. The minimum atomic E-state index is -2.05. The molecule has 0 aromatic heterocycles. The first-order valence-electron chi connectivity index (χ1n) is 12.5. The highest BCUT2D eigenvalue weighted by Crippen LogP contribution is 2.42. The van der Waals surface area contributed by atoms with E-state index in [0.717, 1.165) is 0 Å². The van der Waals surface area contributed by atoms with Crippen molar-refractivity contribution in [2.75, 3.05) is 6.61 Å². The smallest absolute Gasteiger partial charge is 0.192 e. The first-order valence-corrected chi connectivity index (χ1v) is 21.2. The normalized spacial score (nSPS) is 17.3. The van der Waals surface area contributed by atoms with Crippen molar-refractivity contribution in [3.63, 3.8) is 0 Å². The second kappa shape index (κ2) is 11.3. The molecule has 3 atom stereocenters. The van der Waals surface area contributed by atoms with Crippen LogP contribution in [0.15, 0.2) is 12.7 Å². The lowest BCUT2D eigenvalue weighted by Gasteiger charge is -2.46. The Morgan fingerprint density at radius 2 is 1.15 bits per heavy atom. The molecule has 0 heterocycles. The number of rotatable bonds is 11. The van der Waals surface area contributed by atoms with Crippen LogP contribution in [0, 0.1) is 18.3 Å². The summed E-state index contributed by atoms with van der Waals surface area (Å²) in [6.45, 7) is 39.0. The Labute approximate surface area is 210 Å². The van der Waals surface area contributed by atoms with Crippen LogP contribution < -0.4 is 0 Å². The third-order valence-corrected chi connectivity index (χ3v) is 21.9. The molecule has 0 fully saturated rings. The quantitative estimate of drug-likeness (QED) is 0.157. The predicted octanol–water partition coefficient (Wildman–Crippen LogP) is 8.61. The Morgan fingerprint density at radius 1 is 0.758 bits per heavy atom. The van der Waals surface area contributed by atoms with E-state index in [9.17, 15) is 0 Å². The van der Waals surface area contributed by atoms with Gasteiger partial charge in [0.25, 0.3) is 0 Å². The van der Waals surface area contributed by atoms with Crippen LogP contribution in [-0.4, -0.2) is 43.8 Å². The van der Waals surface area contributed by atoms with Gasteiger partial charge in [-0.3, -0.25) is 0 Å². The van der Waals surface area contributed by atoms with E-state index in [1.165, 1.54) is 0 Å². The predicted molar refractivity (Wildman–Crippen MR) is 154 cm³/mol. The molecule has 0 aliphatic heterocycles. The van der Waals surface area contributed by atoms with E-state index in [0.29, 0.717) is 13.0 Å². The molecule has 0 aliphatic rings. The fourth-order valence-corrected chi connectivity index (χ4v) is 6.43.